The summed E-state index contributed by atoms with van der Waals surface area (Å²) in [6.07, 6.45) is 2.63. The lowest BCUT2D eigenvalue weighted by Gasteiger charge is -2.36. The van der Waals surface area contributed by atoms with Gasteiger partial charge in [-0.25, -0.2) is 4.79 Å². The van der Waals surface area contributed by atoms with Crippen LogP contribution in [-0.4, -0.2) is 79.7 Å². The molecule has 0 radical (unpaired) electrons. The summed E-state index contributed by atoms with van der Waals surface area (Å²) >= 11 is 0. The molecule has 1 aromatic rings. The Morgan fingerprint density at radius 2 is 1.89 bits per heavy atom. The number of anilines is 1. The van der Waals surface area contributed by atoms with Crippen molar-refractivity contribution >= 4 is 23.5 Å². The first-order valence-electron chi connectivity index (χ1n) is 12.5. The summed E-state index contributed by atoms with van der Waals surface area (Å²) in [6, 6.07) is 4.69. The molecule has 3 atom stereocenters. The number of nitrogens with zero attached hydrogens (tertiary/aromatic N) is 2. The summed E-state index contributed by atoms with van der Waals surface area (Å²) in [5, 5.41) is 5.92. The fraction of sp³-hybridized carbons (Fsp3) is 0.654. The molecule has 2 aliphatic rings. The van der Waals surface area contributed by atoms with Crippen molar-refractivity contribution in [2.75, 3.05) is 39.2 Å². The highest BCUT2D eigenvalue weighted by Gasteiger charge is 2.31. The van der Waals surface area contributed by atoms with Crippen LogP contribution in [0.2, 0.25) is 0 Å². The number of rotatable bonds is 4. The number of nitrogens with one attached hydrogen (secondary N) is 2. The van der Waals surface area contributed by atoms with E-state index in [-0.39, 0.29) is 54.5 Å². The lowest BCUT2D eigenvalue weighted by Crippen LogP contribution is -2.52. The molecule has 9 nitrogen and oxygen atoms in total. The molecule has 0 bridgehead atoms. The molecule has 35 heavy (non-hydrogen) atoms. The highest BCUT2D eigenvalue weighted by Crippen LogP contribution is 2.30. The minimum atomic E-state index is -0.262. The molecule has 1 saturated carbocycles. The van der Waals surface area contributed by atoms with Gasteiger partial charge < -0.3 is 29.9 Å². The number of methoxy groups -OCH3 is 1. The number of likely N-dealkylation sites (N-methyl/N-ethyl adjacent to an activating group) is 1. The average Bonchev–Trinajstić information content (AvgIpc) is 2.76. The lowest BCUT2D eigenvalue weighted by atomic mass is 9.85. The van der Waals surface area contributed by atoms with Crippen LogP contribution in [0.4, 0.5) is 10.5 Å². The second kappa shape index (κ2) is 11.7. The number of hydrogen-bond acceptors (Lipinski definition) is 5. The Hall–Kier alpha value is -2.81. The van der Waals surface area contributed by atoms with Crippen molar-refractivity contribution in [3.05, 3.63) is 23.8 Å². The zero-order valence-corrected chi connectivity index (χ0v) is 21.8. The Morgan fingerprint density at radius 1 is 1.17 bits per heavy atom. The van der Waals surface area contributed by atoms with Crippen LogP contribution < -0.4 is 15.4 Å². The molecule has 194 valence electrons. The summed E-state index contributed by atoms with van der Waals surface area (Å²) in [5.41, 5.74) is 0.997. The van der Waals surface area contributed by atoms with Gasteiger partial charge in [-0.05, 0) is 45.7 Å². The van der Waals surface area contributed by atoms with Gasteiger partial charge in [0.15, 0.2) is 0 Å². The second-order valence-electron chi connectivity index (χ2n) is 10.2. The largest absolute Gasteiger partial charge is 0.491 e. The van der Waals surface area contributed by atoms with Gasteiger partial charge in [-0.3, -0.25) is 9.59 Å². The molecule has 1 fully saturated rings. The predicted molar refractivity (Wildman–Crippen MR) is 135 cm³/mol. The third-order valence-electron chi connectivity index (χ3n) is 6.86. The molecule has 1 aliphatic heterocycles. The highest BCUT2D eigenvalue weighted by atomic mass is 16.5. The molecule has 2 N–H and O–H groups in total. The quantitative estimate of drug-likeness (QED) is 0.677. The van der Waals surface area contributed by atoms with Crippen LogP contribution in [0, 0.1) is 11.8 Å². The van der Waals surface area contributed by atoms with Gasteiger partial charge >= 0.3 is 6.03 Å². The SMILES string of the molecule is CO[C@@H]1CN(C)C(=O)c2ccc(NC(=O)C3CCC3)cc2OC[C@H](C)N(C(=O)NC(C)C)C[C@@H]1C. The van der Waals surface area contributed by atoms with Crippen LogP contribution in [0.25, 0.3) is 0 Å². The smallest absolute Gasteiger partial charge is 0.317 e. The highest BCUT2D eigenvalue weighted by molar-refractivity contribution is 5.99. The van der Waals surface area contributed by atoms with Gasteiger partial charge in [-0.2, -0.15) is 0 Å². The summed E-state index contributed by atoms with van der Waals surface area (Å²) in [7, 11) is 3.36. The molecule has 0 spiro atoms. The van der Waals surface area contributed by atoms with Crippen LogP contribution in [-0.2, 0) is 9.53 Å². The molecule has 1 heterocycles. The molecular weight excluding hydrogens is 448 g/mol. The molecule has 4 amide bonds. The van der Waals surface area contributed by atoms with Gasteiger partial charge in [-0.1, -0.05) is 13.3 Å². The van der Waals surface area contributed by atoms with E-state index in [2.05, 4.69) is 10.6 Å². The number of hydrogen-bond donors (Lipinski definition) is 2. The Balaban J connectivity index is 1.91. The number of amides is 4. The van der Waals surface area contributed by atoms with Crippen LogP contribution in [0.1, 0.15) is 57.3 Å². The van der Waals surface area contributed by atoms with Crippen LogP contribution >= 0.6 is 0 Å². The van der Waals surface area contributed by atoms with Crippen LogP contribution in [0.5, 0.6) is 5.75 Å². The van der Waals surface area contributed by atoms with Crippen molar-refractivity contribution in [1.29, 1.82) is 0 Å². The van der Waals surface area contributed by atoms with Gasteiger partial charge in [0.1, 0.15) is 12.4 Å². The molecule has 9 heteroatoms. The van der Waals surface area contributed by atoms with E-state index in [9.17, 15) is 14.4 Å². The number of ether oxygens (including phenoxy) is 2. The average molecular weight is 489 g/mol. The van der Waals surface area contributed by atoms with Crippen molar-refractivity contribution in [3.8, 4) is 5.75 Å². The Labute approximate surface area is 208 Å². The summed E-state index contributed by atoms with van der Waals surface area (Å²) in [6.45, 7) is 8.81. The maximum atomic E-state index is 13.3. The van der Waals surface area contributed by atoms with Crippen molar-refractivity contribution in [3.63, 3.8) is 0 Å². The Morgan fingerprint density at radius 3 is 2.49 bits per heavy atom. The van der Waals surface area contributed by atoms with Gasteiger partial charge in [0, 0.05) is 56.9 Å². The number of carbonyl (C=O) groups is 3. The number of fused-ring (bicyclic) bond motifs is 1. The molecule has 0 unspecified atom stereocenters. The van der Waals surface area contributed by atoms with Crippen molar-refractivity contribution in [1.82, 2.24) is 15.1 Å². The van der Waals surface area contributed by atoms with Crippen molar-refractivity contribution < 1.29 is 23.9 Å². The van der Waals surface area contributed by atoms with E-state index in [0.717, 1.165) is 19.3 Å². The molecular formula is C26H40N4O5. The van der Waals surface area contributed by atoms with Gasteiger partial charge in [0.2, 0.25) is 5.91 Å². The monoisotopic (exact) mass is 488 g/mol. The Kier molecular flexibility index (Phi) is 8.99. The van der Waals surface area contributed by atoms with E-state index in [0.29, 0.717) is 30.1 Å². The summed E-state index contributed by atoms with van der Waals surface area (Å²) < 4.78 is 11.9. The number of urea groups is 1. The zero-order valence-electron chi connectivity index (χ0n) is 21.8. The van der Waals surface area contributed by atoms with Crippen molar-refractivity contribution in [2.45, 2.75) is 65.1 Å². The fourth-order valence-electron chi connectivity index (χ4n) is 4.38. The lowest BCUT2D eigenvalue weighted by molar-refractivity contribution is -0.122. The zero-order chi connectivity index (χ0) is 25.7. The van der Waals surface area contributed by atoms with E-state index in [1.807, 2.05) is 27.7 Å². The first kappa shape index (κ1) is 26.8. The van der Waals surface area contributed by atoms with Gasteiger partial charge in [0.05, 0.1) is 17.7 Å². The third-order valence-corrected chi connectivity index (χ3v) is 6.86. The maximum absolute atomic E-state index is 13.3. The molecule has 0 aromatic heterocycles. The maximum Gasteiger partial charge on any atom is 0.317 e. The van der Waals surface area contributed by atoms with Crippen molar-refractivity contribution in [2.24, 2.45) is 11.8 Å². The fourth-order valence-corrected chi connectivity index (χ4v) is 4.38. The third kappa shape index (κ3) is 6.66. The van der Waals surface area contributed by atoms with E-state index >= 15 is 0 Å². The standard InChI is InChI=1S/C26H40N4O5/c1-16(2)27-26(33)30-13-17(3)23(34-6)14-29(5)25(32)21-11-10-20(12-22(21)35-15-18(30)4)28-24(31)19-8-7-9-19/h10-12,16-19,23H,7-9,13-15H2,1-6H3,(H,27,33)(H,28,31)/t17-,18-,23+/m0/s1. The first-order chi connectivity index (χ1) is 16.6. The van der Waals surface area contributed by atoms with Crippen LogP contribution in [0.3, 0.4) is 0 Å². The minimum absolute atomic E-state index is 0.00292. The van der Waals surface area contributed by atoms with Crippen LogP contribution in [0.15, 0.2) is 18.2 Å². The second-order valence-corrected chi connectivity index (χ2v) is 10.2. The topological polar surface area (TPSA) is 100 Å². The van der Waals surface area contributed by atoms with E-state index in [4.69, 9.17) is 9.47 Å². The molecule has 1 aliphatic carbocycles. The number of carbonyl (C=O) groups excluding carboxylic acids is 3. The first-order valence-corrected chi connectivity index (χ1v) is 12.5. The summed E-state index contributed by atoms with van der Waals surface area (Å²) in [5.74, 6) is 0.222. The minimum Gasteiger partial charge on any atom is -0.491 e. The normalized spacial score (nSPS) is 24.0. The van der Waals surface area contributed by atoms with E-state index in [1.54, 1.807) is 42.2 Å². The molecule has 1 aromatic carbocycles. The van der Waals surface area contributed by atoms with Gasteiger partial charge in [-0.15, -0.1) is 0 Å². The Bertz CT molecular complexity index is 917. The number of benzene rings is 1. The molecule has 0 saturated heterocycles. The van der Waals surface area contributed by atoms with E-state index in [1.165, 1.54) is 0 Å². The molecule has 3 rings (SSSR count). The predicted octanol–water partition coefficient (Wildman–Crippen LogP) is 3.35. The van der Waals surface area contributed by atoms with E-state index < -0.39 is 0 Å². The summed E-state index contributed by atoms with van der Waals surface area (Å²) in [4.78, 5) is 42.2. The van der Waals surface area contributed by atoms with Gasteiger partial charge in [0.25, 0.3) is 5.91 Å².